The number of fused-ring (bicyclic) bond motifs is 1. The molecule has 0 amide bonds. The number of rotatable bonds is 2. The zero-order valence-electron chi connectivity index (χ0n) is 9.72. The quantitative estimate of drug-likeness (QED) is 0.690. The summed E-state index contributed by atoms with van der Waals surface area (Å²) in [6, 6.07) is 0. The highest BCUT2D eigenvalue weighted by Gasteiger charge is 2.15. The zero-order valence-corrected chi connectivity index (χ0v) is 9.72. The maximum atomic E-state index is 10.8. The van der Waals surface area contributed by atoms with Gasteiger partial charge < -0.3 is 9.47 Å². The van der Waals surface area contributed by atoms with Crippen LogP contribution in [0.1, 0.15) is 16.4 Å². The molecule has 0 radical (unpaired) electrons. The molecule has 0 aliphatic carbocycles. The first kappa shape index (κ1) is 10.5. The zero-order chi connectivity index (χ0) is 11.9. The molecular formula is C10H13N5O. The van der Waals surface area contributed by atoms with Gasteiger partial charge in [0, 0.05) is 21.1 Å². The maximum absolute atomic E-state index is 10.8. The third-order valence-corrected chi connectivity index (χ3v) is 2.38. The van der Waals surface area contributed by atoms with Crippen LogP contribution in [0.5, 0.6) is 0 Å². The van der Waals surface area contributed by atoms with E-state index in [1.807, 2.05) is 25.9 Å². The van der Waals surface area contributed by atoms with Gasteiger partial charge >= 0.3 is 0 Å². The van der Waals surface area contributed by atoms with Crippen molar-refractivity contribution in [3.63, 3.8) is 0 Å². The molecule has 2 aromatic heterocycles. The Bertz CT molecular complexity index is 558. The van der Waals surface area contributed by atoms with Gasteiger partial charge in [-0.25, -0.2) is 15.0 Å². The van der Waals surface area contributed by atoms with Gasteiger partial charge in [-0.1, -0.05) is 0 Å². The molecule has 0 bridgehead atoms. The van der Waals surface area contributed by atoms with E-state index < -0.39 is 0 Å². The highest BCUT2D eigenvalue weighted by molar-refractivity contribution is 5.87. The molecule has 0 atom stereocenters. The van der Waals surface area contributed by atoms with Gasteiger partial charge in [0.1, 0.15) is 5.82 Å². The molecule has 6 nitrogen and oxygen atoms in total. The van der Waals surface area contributed by atoms with Crippen LogP contribution in [-0.4, -0.2) is 39.9 Å². The molecule has 2 aromatic rings. The van der Waals surface area contributed by atoms with Crippen LogP contribution < -0.4 is 4.90 Å². The molecule has 16 heavy (non-hydrogen) atoms. The van der Waals surface area contributed by atoms with Crippen LogP contribution in [0.4, 0.5) is 5.82 Å². The maximum Gasteiger partial charge on any atom is 0.185 e. The molecule has 0 saturated carbocycles. The molecular weight excluding hydrogens is 206 g/mol. The average molecular weight is 219 g/mol. The lowest BCUT2D eigenvalue weighted by molar-refractivity contribution is 0.111. The first-order valence-corrected chi connectivity index (χ1v) is 4.88. The highest BCUT2D eigenvalue weighted by atomic mass is 16.1. The van der Waals surface area contributed by atoms with E-state index in [1.165, 1.54) is 0 Å². The van der Waals surface area contributed by atoms with Crippen LogP contribution in [0.3, 0.4) is 0 Å². The minimum absolute atomic E-state index is 0.359. The largest absolute Gasteiger partial charge is 0.361 e. The number of aromatic nitrogens is 4. The Morgan fingerprint density at radius 2 is 1.94 bits per heavy atom. The molecule has 0 spiro atoms. The van der Waals surface area contributed by atoms with E-state index >= 15 is 0 Å². The van der Waals surface area contributed by atoms with Gasteiger partial charge in [-0.2, -0.15) is 0 Å². The summed E-state index contributed by atoms with van der Waals surface area (Å²) in [5, 5.41) is 0. The fourth-order valence-electron chi connectivity index (χ4n) is 1.59. The van der Waals surface area contributed by atoms with E-state index in [1.54, 1.807) is 11.6 Å². The molecule has 6 heteroatoms. The lowest BCUT2D eigenvalue weighted by Crippen LogP contribution is -2.12. The number of carbonyl (C=O) groups is 1. The van der Waals surface area contributed by atoms with Crippen LogP contribution in [-0.2, 0) is 7.05 Å². The van der Waals surface area contributed by atoms with Gasteiger partial charge in [-0.3, -0.25) is 4.79 Å². The molecule has 0 fully saturated rings. The number of anilines is 1. The Kier molecular flexibility index (Phi) is 2.34. The number of nitrogens with zero attached hydrogens (tertiary/aromatic N) is 5. The van der Waals surface area contributed by atoms with Crippen molar-refractivity contribution in [3.8, 4) is 0 Å². The summed E-state index contributed by atoms with van der Waals surface area (Å²) >= 11 is 0. The van der Waals surface area contributed by atoms with E-state index in [0.29, 0.717) is 22.8 Å². The lowest BCUT2D eigenvalue weighted by Gasteiger charge is -2.11. The highest BCUT2D eigenvalue weighted by Crippen LogP contribution is 2.21. The van der Waals surface area contributed by atoms with Crippen molar-refractivity contribution in [2.45, 2.75) is 6.92 Å². The van der Waals surface area contributed by atoms with E-state index in [2.05, 4.69) is 15.0 Å². The van der Waals surface area contributed by atoms with Gasteiger partial charge in [-0.05, 0) is 6.92 Å². The lowest BCUT2D eigenvalue weighted by atomic mass is 10.4. The smallest absolute Gasteiger partial charge is 0.185 e. The fourth-order valence-corrected chi connectivity index (χ4v) is 1.59. The first-order valence-electron chi connectivity index (χ1n) is 4.88. The standard InChI is InChI=1S/C10H13N5O/c1-6-11-9(14(2)3)8-10(12-6)15(4)7(5-16)13-8/h5H,1-4H3. The van der Waals surface area contributed by atoms with Gasteiger partial charge in [0.2, 0.25) is 0 Å². The van der Waals surface area contributed by atoms with Crippen molar-refractivity contribution in [3.05, 3.63) is 11.6 Å². The second kappa shape index (κ2) is 3.55. The summed E-state index contributed by atoms with van der Waals surface area (Å²) in [6.07, 6.45) is 0.719. The van der Waals surface area contributed by atoms with E-state index in [0.717, 1.165) is 12.1 Å². The molecule has 0 saturated heterocycles. The average Bonchev–Trinajstić information content (AvgIpc) is 2.55. The molecule has 2 heterocycles. The Morgan fingerprint density at radius 3 is 2.50 bits per heavy atom. The minimum Gasteiger partial charge on any atom is -0.361 e. The first-order chi connectivity index (χ1) is 7.54. The van der Waals surface area contributed by atoms with Gasteiger partial charge in [0.15, 0.2) is 29.1 Å². The number of aryl methyl sites for hydroxylation is 2. The Hall–Kier alpha value is -1.98. The van der Waals surface area contributed by atoms with Crippen LogP contribution in [0.2, 0.25) is 0 Å². The normalized spacial score (nSPS) is 10.8. The monoisotopic (exact) mass is 219 g/mol. The molecule has 84 valence electrons. The SMILES string of the molecule is Cc1nc(N(C)C)c2nc(C=O)n(C)c2n1. The van der Waals surface area contributed by atoms with Crippen molar-refractivity contribution in [1.29, 1.82) is 0 Å². The predicted octanol–water partition coefficient (Wildman–Crippen LogP) is 0.550. The Labute approximate surface area is 92.9 Å². The number of aldehydes is 1. The number of hydrogen-bond donors (Lipinski definition) is 0. The van der Waals surface area contributed by atoms with Crippen LogP contribution in [0, 0.1) is 6.92 Å². The van der Waals surface area contributed by atoms with E-state index in [9.17, 15) is 4.79 Å². The van der Waals surface area contributed by atoms with Crippen molar-refractivity contribution >= 4 is 23.3 Å². The Morgan fingerprint density at radius 1 is 1.25 bits per heavy atom. The molecule has 0 aliphatic rings. The van der Waals surface area contributed by atoms with Gasteiger partial charge in [-0.15, -0.1) is 0 Å². The summed E-state index contributed by atoms with van der Waals surface area (Å²) < 4.78 is 1.67. The second-order valence-corrected chi connectivity index (χ2v) is 3.81. The number of hydrogen-bond acceptors (Lipinski definition) is 5. The van der Waals surface area contributed by atoms with Gasteiger partial charge in [0.05, 0.1) is 0 Å². The number of imidazole rings is 1. The van der Waals surface area contributed by atoms with E-state index in [-0.39, 0.29) is 0 Å². The molecule has 0 aromatic carbocycles. The van der Waals surface area contributed by atoms with Crippen molar-refractivity contribution in [1.82, 2.24) is 19.5 Å². The third-order valence-electron chi connectivity index (χ3n) is 2.38. The van der Waals surface area contributed by atoms with Crippen LogP contribution in [0.25, 0.3) is 11.2 Å². The third kappa shape index (κ3) is 1.42. The molecule has 0 aliphatic heterocycles. The number of carbonyl (C=O) groups excluding carboxylic acids is 1. The van der Waals surface area contributed by atoms with Crippen molar-refractivity contribution < 1.29 is 4.79 Å². The van der Waals surface area contributed by atoms with Crippen LogP contribution in [0.15, 0.2) is 0 Å². The second-order valence-electron chi connectivity index (χ2n) is 3.81. The minimum atomic E-state index is 0.359. The summed E-state index contributed by atoms with van der Waals surface area (Å²) in [5.41, 5.74) is 1.33. The van der Waals surface area contributed by atoms with Crippen molar-refractivity contribution in [2.24, 2.45) is 7.05 Å². The summed E-state index contributed by atoms with van der Waals surface area (Å²) in [5.74, 6) is 1.75. The molecule has 2 rings (SSSR count). The summed E-state index contributed by atoms with van der Waals surface area (Å²) in [7, 11) is 5.54. The molecule has 0 N–H and O–H groups in total. The predicted molar refractivity (Wildman–Crippen MR) is 60.8 cm³/mol. The summed E-state index contributed by atoms with van der Waals surface area (Å²) in [6.45, 7) is 1.82. The Balaban J connectivity index is 2.86. The molecule has 0 unspecified atom stereocenters. The summed E-state index contributed by atoms with van der Waals surface area (Å²) in [4.78, 5) is 25.5. The van der Waals surface area contributed by atoms with Crippen LogP contribution >= 0.6 is 0 Å². The van der Waals surface area contributed by atoms with E-state index in [4.69, 9.17) is 0 Å². The van der Waals surface area contributed by atoms with Gasteiger partial charge in [0.25, 0.3) is 0 Å². The van der Waals surface area contributed by atoms with Crippen molar-refractivity contribution in [2.75, 3.05) is 19.0 Å². The fraction of sp³-hybridized carbons (Fsp3) is 0.400. The topological polar surface area (TPSA) is 63.9 Å².